The van der Waals surface area contributed by atoms with Gasteiger partial charge in [0.25, 0.3) is 0 Å². The first-order valence-corrected chi connectivity index (χ1v) is 13.4. The number of anilines is 1. The minimum Gasteiger partial charge on any atom is -0.497 e. The molecule has 1 aliphatic rings. The Morgan fingerprint density at radius 1 is 1.03 bits per heavy atom. The van der Waals surface area contributed by atoms with E-state index in [-0.39, 0.29) is 11.9 Å². The average Bonchev–Trinajstić information content (AvgIpc) is 3.71. The Labute approximate surface area is 229 Å². The van der Waals surface area contributed by atoms with Crippen molar-refractivity contribution in [1.82, 2.24) is 19.5 Å². The second-order valence-corrected chi connectivity index (χ2v) is 10.4. The number of hydrogen-bond donors (Lipinski definition) is 0. The van der Waals surface area contributed by atoms with Gasteiger partial charge in [0.15, 0.2) is 23.2 Å². The molecule has 5 aromatic rings. The van der Waals surface area contributed by atoms with Crippen LogP contribution in [0.5, 0.6) is 11.5 Å². The first kappa shape index (κ1) is 25.3. The first-order chi connectivity index (χ1) is 19.0. The summed E-state index contributed by atoms with van der Waals surface area (Å²) in [6.45, 7) is 1.48. The van der Waals surface area contributed by atoms with E-state index in [0.717, 1.165) is 50.8 Å². The lowest BCUT2D eigenvalue weighted by molar-refractivity contribution is 0.121. The van der Waals surface area contributed by atoms with Gasteiger partial charge in [-0.3, -0.25) is 0 Å². The molecule has 0 spiro atoms. The van der Waals surface area contributed by atoms with Gasteiger partial charge >= 0.3 is 0 Å². The SMILES string of the molecule is COc1ccc(-c2c(-c3cccc(OC)c3F)sc3nc(-c4nccn4C)nc(N4CCC(OC)C4)c23)cc1. The Hall–Kier alpha value is -4.02. The fourth-order valence-corrected chi connectivity index (χ4v) is 6.28. The van der Waals surface area contributed by atoms with E-state index in [9.17, 15) is 0 Å². The highest BCUT2D eigenvalue weighted by molar-refractivity contribution is 7.22. The number of benzene rings is 2. The normalized spacial score (nSPS) is 15.3. The van der Waals surface area contributed by atoms with Gasteiger partial charge in [-0.25, -0.2) is 19.3 Å². The zero-order chi connectivity index (χ0) is 27.1. The summed E-state index contributed by atoms with van der Waals surface area (Å²) in [6, 6.07) is 13.0. The summed E-state index contributed by atoms with van der Waals surface area (Å²) in [5, 5.41) is 0.872. The van der Waals surface area contributed by atoms with Crippen molar-refractivity contribution in [3.63, 3.8) is 0 Å². The maximum absolute atomic E-state index is 15.7. The number of rotatable bonds is 7. The number of ether oxygens (including phenoxy) is 3. The van der Waals surface area contributed by atoms with Crippen LogP contribution in [0.3, 0.4) is 0 Å². The molecule has 0 bridgehead atoms. The van der Waals surface area contributed by atoms with Crippen LogP contribution in [0.25, 0.3) is 43.4 Å². The molecule has 1 fully saturated rings. The summed E-state index contributed by atoms with van der Waals surface area (Å²) in [5.74, 6) is 2.48. The molecule has 2 aromatic carbocycles. The third-order valence-electron chi connectivity index (χ3n) is 7.14. The third kappa shape index (κ3) is 4.39. The van der Waals surface area contributed by atoms with Crippen LogP contribution in [0.1, 0.15) is 6.42 Å². The molecule has 1 atom stereocenters. The number of halogens is 1. The number of thiophene rings is 1. The van der Waals surface area contributed by atoms with Gasteiger partial charge in [0.05, 0.1) is 25.7 Å². The molecule has 0 saturated carbocycles. The van der Waals surface area contributed by atoms with E-state index >= 15 is 4.39 Å². The van der Waals surface area contributed by atoms with Gasteiger partial charge in [-0.1, -0.05) is 24.3 Å². The molecule has 1 aliphatic heterocycles. The minimum absolute atomic E-state index is 0.102. The summed E-state index contributed by atoms with van der Waals surface area (Å²) in [5.41, 5.74) is 2.23. The van der Waals surface area contributed by atoms with Crippen molar-refractivity contribution in [1.29, 1.82) is 0 Å². The van der Waals surface area contributed by atoms with Crippen LogP contribution in [-0.2, 0) is 11.8 Å². The number of hydrogen-bond acceptors (Lipinski definition) is 8. The van der Waals surface area contributed by atoms with Gasteiger partial charge in [-0.05, 0) is 30.2 Å². The van der Waals surface area contributed by atoms with E-state index in [1.165, 1.54) is 18.4 Å². The average molecular weight is 546 g/mol. The Morgan fingerprint density at radius 3 is 2.51 bits per heavy atom. The highest BCUT2D eigenvalue weighted by atomic mass is 32.1. The molecule has 39 heavy (non-hydrogen) atoms. The number of aromatic nitrogens is 4. The van der Waals surface area contributed by atoms with Gasteiger partial charge < -0.3 is 23.7 Å². The van der Waals surface area contributed by atoms with Gasteiger partial charge in [0, 0.05) is 55.6 Å². The van der Waals surface area contributed by atoms with E-state index < -0.39 is 5.82 Å². The summed E-state index contributed by atoms with van der Waals surface area (Å²) < 4.78 is 34.0. The predicted molar refractivity (Wildman–Crippen MR) is 151 cm³/mol. The minimum atomic E-state index is -0.416. The van der Waals surface area contributed by atoms with Gasteiger partial charge in [-0.15, -0.1) is 11.3 Å². The highest BCUT2D eigenvalue weighted by Gasteiger charge is 2.30. The molecule has 0 radical (unpaired) electrons. The predicted octanol–water partition coefficient (Wildman–Crippen LogP) is 5.81. The van der Waals surface area contributed by atoms with E-state index in [2.05, 4.69) is 9.88 Å². The molecule has 1 saturated heterocycles. The lowest BCUT2D eigenvalue weighted by Crippen LogP contribution is -2.23. The number of methoxy groups -OCH3 is 3. The molecule has 200 valence electrons. The topological polar surface area (TPSA) is 74.5 Å². The second kappa shape index (κ2) is 10.3. The van der Waals surface area contributed by atoms with Crippen molar-refractivity contribution >= 4 is 27.4 Å². The molecular formula is C29H28FN5O3S. The molecule has 4 heterocycles. The van der Waals surface area contributed by atoms with E-state index in [4.69, 9.17) is 24.2 Å². The molecule has 8 nitrogen and oxygen atoms in total. The lowest BCUT2D eigenvalue weighted by Gasteiger charge is -2.20. The van der Waals surface area contributed by atoms with Crippen molar-refractivity contribution in [2.45, 2.75) is 12.5 Å². The fourth-order valence-electron chi connectivity index (χ4n) is 5.07. The summed E-state index contributed by atoms with van der Waals surface area (Å²) in [6.07, 6.45) is 4.59. The Bertz CT molecular complexity index is 1650. The highest BCUT2D eigenvalue weighted by Crippen LogP contribution is 2.49. The van der Waals surface area contributed by atoms with E-state index in [0.29, 0.717) is 23.8 Å². The van der Waals surface area contributed by atoms with Crippen LogP contribution >= 0.6 is 11.3 Å². The van der Waals surface area contributed by atoms with Crippen LogP contribution in [0.15, 0.2) is 54.9 Å². The van der Waals surface area contributed by atoms with Crippen molar-refractivity contribution < 1.29 is 18.6 Å². The number of nitrogens with zero attached hydrogens (tertiary/aromatic N) is 5. The summed E-state index contributed by atoms with van der Waals surface area (Å²) in [4.78, 5) is 18.3. The number of aryl methyl sites for hydroxylation is 1. The van der Waals surface area contributed by atoms with Gasteiger partial charge in [0.1, 0.15) is 16.4 Å². The quantitative estimate of drug-likeness (QED) is 0.256. The van der Waals surface area contributed by atoms with Crippen molar-refractivity contribution in [3.8, 4) is 44.7 Å². The van der Waals surface area contributed by atoms with E-state index in [1.807, 2.05) is 42.1 Å². The lowest BCUT2D eigenvalue weighted by atomic mass is 9.99. The number of imidazole rings is 1. The first-order valence-electron chi connectivity index (χ1n) is 12.6. The van der Waals surface area contributed by atoms with Crippen molar-refractivity contribution in [3.05, 3.63) is 60.7 Å². The largest absolute Gasteiger partial charge is 0.497 e. The molecule has 0 N–H and O–H groups in total. The molecule has 1 unspecified atom stereocenters. The van der Waals surface area contributed by atoms with Crippen LogP contribution in [-0.4, -0.2) is 60.0 Å². The summed E-state index contributed by atoms with van der Waals surface area (Å²) >= 11 is 1.44. The van der Waals surface area contributed by atoms with Gasteiger partial charge in [-0.2, -0.15) is 0 Å². The molecule has 0 aliphatic carbocycles. The van der Waals surface area contributed by atoms with Crippen molar-refractivity contribution in [2.24, 2.45) is 7.05 Å². The van der Waals surface area contributed by atoms with Crippen LogP contribution in [0, 0.1) is 5.82 Å². The third-order valence-corrected chi connectivity index (χ3v) is 8.26. The second-order valence-electron chi connectivity index (χ2n) is 9.36. The Morgan fingerprint density at radius 2 is 1.85 bits per heavy atom. The van der Waals surface area contributed by atoms with Crippen LogP contribution < -0.4 is 14.4 Å². The number of fused-ring (bicyclic) bond motifs is 1. The maximum atomic E-state index is 15.7. The molecule has 6 rings (SSSR count). The molecule has 0 amide bonds. The van der Waals surface area contributed by atoms with E-state index in [1.54, 1.807) is 38.6 Å². The van der Waals surface area contributed by atoms with Gasteiger partial charge in [0.2, 0.25) is 0 Å². The smallest absolute Gasteiger partial charge is 0.199 e. The van der Waals surface area contributed by atoms with Crippen LogP contribution in [0.2, 0.25) is 0 Å². The standard InChI is InChI=1S/C29H28FN5O3S/c1-34-15-13-31-28(34)26-32-27(35-14-12-19(16-35)37-3)23-22(17-8-10-18(36-2)11-9-17)25(39-29(23)33-26)20-6-5-7-21(38-4)24(20)30/h5-11,13,15,19H,12,14,16H2,1-4H3. The Kier molecular flexibility index (Phi) is 6.66. The molecular weight excluding hydrogens is 517 g/mol. The molecule has 3 aromatic heterocycles. The fraction of sp³-hybridized carbons (Fsp3) is 0.276. The zero-order valence-corrected chi connectivity index (χ0v) is 23.0. The molecule has 10 heteroatoms. The monoisotopic (exact) mass is 545 g/mol. The van der Waals surface area contributed by atoms with Crippen molar-refractivity contribution in [2.75, 3.05) is 39.3 Å². The van der Waals surface area contributed by atoms with Crippen LogP contribution in [0.4, 0.5) is 10.2 Å². The zero-order valence-electron chi connectivity index (χ0n) is 22.1. The Balaban J connectivity index is 1.68. The summed E-state index contributed by atoms with van der Waals surface area (Å²) in [7, 11) is 6.76. The maximum Gasteiger partial charge on any atom is 0.199 e.